The van der Waals surface area contributed by atoms with Crippen molar-refractivity contribution in [2.75, 3.05) is 6.61 Å². The molecule has 0 radical (unpaired) electrons. The van der Waals surface area contributed by atoms with Crippen LogP contribution in [0, 0.1) is 0 Å². The molecule has 2 nitrogen and oxygen atoms in total. The van der Waals surface area contributed by atoms with Gasteiger partial charge >= 0.3 is 41.8 Å². The fraction of sp³-hybridized carbons (Fsp3) is 0.526. The fourth-order valence-electron chi connectivity index (χ4n) is 2.37. The summed E-state index contributed by atoms with van der Waals surface area (Å²) in [6.45, 7) is -0.289. The van der Waals surface area contributed by atoms with E-state index in [9.17, 15) is 61.9 Å². The number of unbranched alkanes of at least 4 members (excludes halogenated alkanes) is 1. The summed E-state index contributed by atoms with van der Waals surface area (Å²) in [6, 6.07) is 5.88. The molecule has 0 saturated carbocycles. The van der Waals surface area contributed by atoms with Crippen LogP contribution in [-0.4, -0.2) is 48.4 Å². The first-order chi connectivity index (χ1) is 16.0. The van der Waals surface area contributed by atoms with Crippen LogP contribution in [0.4, 0.5) is 57.1 Å². The lowest BCUT2D eigenvalue weighted by Gasteiger charge is -2.39. The van der Waals surface area contributed by atoms with Crippen molar-refractivity contribution in [3.8, 4) is 0 Å². The Bertz CT molecular complexity index is 944. The molecule has 36 heavy (non-hydrogen) atoms. The predicted octanol–water partition coefficient (Wildman–Crippen LogP) is 8.83. The summed E-state index contributed by atoms with van der Waals surface area (Å²) in [5, 5.41) is 0. The normalized spacial score (nSPS) is 14.7. The van der Waals surface area contributed by atoms with Crippen LogP contribution >= 0.6 is 38.5 Å². The third-order valence-corrected chi connectivity index (χ3v) is 5.80. The van der Waals surface area contributed by atoms with E-state index in [2.05, 4.69) is 15.9 Å². The Morgan fingerprint density at radius 2 is 1.25 bits per heavy atom. The van der Waals surface area contributed by atoms with Crippen molar-refractivity contribution < 1.29 is 66.6 Å². The number of esters is 1. The monoisotopic (exact) mass is 726 g/mol. The van der Waals surface area contributed by atoms with Crippen molar-refractivity contribution >= 4 is 44.5 Å². The van der Waals surface area contributed by atoms with Crippen LogP contribution in [0.3, 0.4) is 0 Å². The van der Waals surface area contributed by atoms with Crippen LogP contribution < -0.4 is 0 Å². The van der Waals surface area contributed by atoms with Gasteiger partial charge in [-0.2, -0.15) is 57.1 Å². The maximum absolute atomic E-state index is 13.8. The van der Waals surface area contributed by atoms with Gasteiger partial charge in [0, 0.05) is 10.5 Å². The number of ether oxygens (including phenoxy) is 1. The number of carbonyl (C=O) groups excluding carboxylic acids is 1. The summed E-state index contributed by atoms with van der Waals surface area (Å²) >= 11 is 4.07. The van der Waals surface area contributed by atoms with Crippen molar-refractivity contribution in [1.82, 2.24) is 0 Å². The minimum Gasteiger partial charge on any atom is -0.462 e. The molecular formula is C19H13BrF13IO2. The first-order valence-electron chi connectivity index (χ1n) is 9.28. The Balaban J connectivity index is 2.86. The van der Waals surface area contributed by atoms with Crippen LogP contribution in [0.2, 0.25) is 0 Å². The molecule has 0 bridgehead atoms. The molecule has 0 saturated heterocycles. The summed E-state index contributed by atoms with van der Waals surface area (Å²) in [5.74, 6) is -37.9. The number of benzene rings is 1. The number of allylic oxidation sites excluding steroid dienone is 2. The third-order valence-electron chi connectivity index (χ3n) is 4.42. The second-order valence-corrected chi connectivity index (χ2v) is 9.41. The van der Waals surface area contributed by atoms with Crippen molar-refractivity contribution in [3.05, 3.63) is 44.0 Å². The largest absolute Gasteiger partial charge is 0.462 e. The molecule has 206 valence electrons. The molecule has 0 aromatic heterocycles. The molecule has 0 heterocycles. The van der Waals surface area contributed by atoms with E-state index in [1.54, 1.807) is 0 Å². The van der Waals surface area contributed by atoms with Gasteiger partial charge in [-0.1, -0.05) is 15.9 Å². The Hall–Kier alpha value is -1.27. The molecular weight excluding hydrogens is 714 g/mol. The topological polar surface area (TPSA) is 26.3 Å². The minimum atomic E-state index is -7.93. The molecule has 0 spiro atoms. The Morgan fingerprint density at radius 1 is 0.778 bits per heavy atom. The van der Waals surface area contributed by atoms with Gasteiger partial charge in [0.05, 0.1) is 12.2 Å². The van der Waals surface area contributed by atoms with E-state index in [4.69, 9.17) is 4.74 Å². The zero-order valence-corrected chi connectivity index (χ0v) is 20.9. The zero-order valence-electron chi connectivity index (χ0n) is 17.2. The van der Waals surface area contributed by atoms with Crippen LogP contribution in [0.5, 0.6) is 0 Å². The molecule has 17 heteroatoms. The van der Waals surface area contributed by atoms with Gasteiger partial charge in [0.25, 0.3) is 0 Å². The van der Waals surface area contributed by atoms with E-state index >= 15 is 0 Å². The smallest absolute Gasteiger partial charge is 0.460 e. The quantitative estimate of drug-likeness (QED) is 0.0987. The first-order valence-corrected chi connectivity index (χ1v) is 11.2. The second kappa shape index (κ2) is 11.2. The van der Waals surface area contributed by atoms with Crippen LogP contribution in [0.25, 0.3) is 0 Å². The maximum atomic E-state index is 13.8. The van der Waals surface area contributed by atoms with E-state index in [1.807, 2.05) is 0 Å². The Kier molecular flexibility index (Phi) is 10.2. The highest BCUT2D eigenvalue weighted by molar-refractivity contribution is 14.1. The van der Waals surface area contributed by atoms with Crippen LogP contribution in [0.15, 0.2) is 38.4 Å². The fourth-order valence-corrected chi connectivity index (χ4v) is 3.41. The molecule has 0 fully saturated rings. The summed E-state index contributed by atoms with van der Waals surface area (Å²) in [4.78, 5) is 11.8. The molecule has 0 amide bonds. The SMILES string of the molecule is O=C(OCCCCC(I)=CC(F)(F)C(F)(F)C(F)(F)C(F)(F)C(F)(F)C(F)(F)F)c1ccc(Br)cc1. The molecule has 0 aliphatic heterocycles. The maximum Gasteiger partial charge on any atom is 0.460 e. The molecule has 1 rings (SSSR count). The molecule has 0 aliphatic rings. The van der Waals surface area contributed by atoms with E-state index in [0.717, 1.165) is 22.6 Å². The van der Waals surface area contributed by atoms with E-state index in [-0.39, 0.29) is 25.0 Å². The van der Waals surface area contributed by atoms with Gasteiger partial charge in [-0.3, -0.25) is 0 Å². The highest BCUT2D eigenvalue weighted by Gasteiger charge is 2.90. The van der Waals surface area contributed by atoms with Gasteiger partial charge in [0.1, 0.15) is 0 Å². The van der Waals surface area contributed by atoms with Gasteiger partial charge in [-0.25, -0.2) is 4.79 Å². The zero-order chi connectivity index (χ0) is 28.4. The average Bonchev–Trinajstić information content (AvgIpc) is 2.72. The number of hydrogen-bond acceptors (Lipinski definition) is 2. The number of carbonyl (C=O) groups is 1. The lowest BCUT2D eigenvalue weighted by atomic mass is 9.93. The van der Waals surface area contributed by atoms with E-state index < -0.39 is 57.8 Å². The Labute approximate surface area is 216 Å². The summed E-state index contributed by atoms with van der Waals surface area (Å²) in [7, 11) is 0. The third kappa shape index (κ3) is 6.59. The molecule has 0 unspecified atom stereocenters. The number of hydrogen-bond donors (Lipinski definition) is 0. The van der Waals surface area contributed by atoms with E-state index in [0.29, 0.717) is 4.47 Å². The van der Waals surface area contributed by atoms with Crippen LogP contribution in [0.1, 0.15) is 29.6 Å². The van der Waals surface area contributed by atoms with Crippen molar-refractivity contribution in [3.63, 3.8) is 0 Å². The average molecular weight is 727 g/mol. The second-order valence-electron chi connectivity index (χ2n) is 7.11. The lowest BCUT2D eigenvalue weighted by molar-refractivity contribution is -0.436. The van der Waals surface area contributed by atoms with Crippen molar-refractivity contribution in [2.24, 2.45) is 0 Å². The van der Waals surface area contributed by atoms with Gasteiger partial charge in [-0.05, 0) is 69.7 Å². The molecule has 0 aliphatic carbocycles. The molecule has 0 atom stereocenters. The summed E-state index contributed by atoms with van der Waals surface area (Å²) in [6.07, 6.45) is -9.18. The lowest BCUT2D eigenvalue weighted by Crippen LogP contribution is -2.69. The predicted molar refractivity (Wildman–Crippen MR) is 111 cm³/mol. The standard InChI is InChI=1S/C19H13BrF13IO2/c20-11-6-4-10(5-7-11)13(35)36-8-2-1-3-12(34)9-14(21,22)15(23,24)16(25,26)17(27,28)18(29,30)19(31,32)33/h4-7,9H,1-3,8H2. The number of halogens is 15. The van der Waals surface area contributed by atoms with Crippen molar-refractivity contribution in [2.45, 2.75) is 55.1 Å². The van der Waals surface area contributed by atoms with Crippen LogP contribution in [-0.2, 0) is 4.74 Å². The number of rotatable bonds is 11. The highest BCUT2D eigenvalue weighted by atomic mass is 127. The highest BCUT2D eigenvalue weighted by Crippen LogP contribution is 2.60. The molecule has 0 N–H and O–H groups in total. The summed E-state index contributed by atoms with van der Waals surface area (Å²) < 4.78 is 175. The first kappa shape index (κ1) is 32.8. The van der Waals surface area contributed by atoms with Crippen molar-refractivity contribution in [1.29, 1.82) is 0 Å². The summed E-state index contributed by atoms with van der Waals surface area (Å²) in [5.41, 5.74) is 0.156. The van der Waals surface area contributed by atoms with Gasteiger partial charge in [0.15, 0.2) is 0 Å². The Morgan fingerprint density at radius 3 is 1.72 bits per heavy atom. The van der Waals surface area contributed by atoms with Gasteiger partial charge < -0.3 is 4.74 Å². The van der Waals surface area contributed by atoms with E-state index in [1.165, 1.54) is 24.3 Å². The molecule has 1 aromatic rings. The van der Waals surface area contributed by atoms with Gasteiger partial charge in [0.2, 0.25) is 0 Å². The van der Waals surface area contributed by atoms with Gasteiger partial charge in [-0.15, -0.1) is 0 Å². The minimum absolute atomic E-state index is 0.0589. The molecule has 1 aromatic carbocycles. The number of alkyl halides is 13.